The fourth-order valence-electron chi connectivity index (χ4n) is 3.48. The van der Waals surface area contributed by atoms with Gasteiger partial charge in [-0.1, -0.05) is 18.2 Å². The molecule has 1 aromatic heterocycles. The molecule has 1 aromatic carbocycles. The molecule has 152 valence electrons. The van der Waals surface area contributed by atoms with Crippen LogP contribution in [0.2, 0.25) is 0 Å². The molecule has 1 N–H and O–H groups in total. The van der Waals surface area contributed by atoms with Crippen molar-refractivity contribution in [3.05, 3.63) is 35.5 Å². The van der Waals surface area contributed by atoms with Crippen LogP contribution in [-0.4, -0.2) is 44.2 Å². The zero-order valence-electron chi connectivity index (χ0n) is 17.4. The van der Waals surface area contributed by atoms with Gasteiger partial charge in [0.05, 0.1) is 17.4 Å². The predicted molar refractivity (Wildman–Crippen MR) is 113 cm³/mol. The van der Waals surface area contributed by atoms with Crippen LogP contribution in [0, 0.1) is 0 Å². The Balaban J connectivity index is 2.29. The van der Waals surface area contributed by atoms with E-state index in [9.17, 15) is 9.32 Å². The summed E-state index contributed by atoms with van der Waals surface area (Å²) in [4.78, 5) is 11.9. The molecule has 0 saturated carbocycles. The summed E-state index contributed by atoms with van der Waals surface area (Å²) in [6.45, 7) is 10.7. The molecule has 7 heteroatoms. The highest BCUT2D eigenvalue weighted by Crippen LogP contribution is 2.43. The molecular formula is C21H29N3O3S. The minimum atomic E-state index is -1.16. The van der Waals surface area contributed by atoms with Crippen molar-refractivity contribution in [2.45, 2.75) is 58.1 Å². The van der Waals surface area contributed by atoms with Crippen molar-refractivity contribution in [3.63, 3.8) is 0 Å². The van der Waals surface area contributed by atoms with Gasteiger partial charge in [-0.05, 0) is 46.2 Å². The first-order valence-electron chi connectivity index (χ1n) is 9.54. The quantitative estimate of drug-likeness (QED) is 0.826. The Bertz CT molecular complexity index is 898. The molecule has 28 heavy (non-hydrogen) atoms. The molecule has 1 aliphatic rings. The second-order valence-corrected chi connectivity index (χ2v) is 9.96. The van der Waals surface area contributed by atoms with E-state index < -0.39 is 15.5 Å². The highest BCUT2D eigenvalue weighted by molar-refractivity contribution is 7.85. The Morgan fingerprint density at radius 3 is 2.68 bits per heavy atom. The predicted octanol–water partition coefficient (Wildman–Crippen LogP) is 3.25. The Hall–Kier alpha value is -1.99. The maximum absolute atomic E-state index is 12.5. The summed E-state index contributed by atoms with van der Waals surface area (Å²) in [5.74, 6) is 1.90. The van der Waals surface area contributed by atoms with Gasteiger partial charge in [0.2, 0.25) is 0 Å². The van der Waals surface area contributed by atoms with Crippen LogP contribution < -0.4 is 9.64 Å². The Morgan fingerprint density at radius 2 is 2.07 bits per heavy atom. The molecule has 0 fully saturated rings. The number of nitrogens with zero attached hydrogens (tertiary/aromatic N) is 3. The van der Waals surface area contributed by atoms with Crippen molar-refractivity contribution in [1.82, 2.24) is 9.97 Å². The molecule has 2 unspecified atom stereocenters. The van der Waals surface area contributed by atoms with Gasteiger partial charge in [0.15, 0.2) is 17.4 Å². The molecule has 1 aliphatic heterocycles. The molecule has 0 spiro atoms. The number of fused-ring (bicyclic) bond motifs is 1. The van der Waals surface area contributed by atoms with Gasteiger partial charge in [0.1, 0.15) is 12.3 Å². The molecule has 0 saturated heterocycles. The molecular weight excluding hydrogens is 374 g/mol. The monoisotopic (exact) mass is 403 g/mol. The highest BCUT2D eigenvalue weighted by Gasteiger charge is 2.38. The number of aliphatic hydroxyl groups excluding tert-OH is 1. The number of ether oxygens (including phenoxy) is 1. The number of hydrogen-bond donors (Lipinski definition) is 1. The van der Waals surface area contributed by atoms with E-state index in [4.69, 9.17) is 14.7 Å². The molecule has 0 radical (unpaired) electrons. The van der Waals surface area contributed by atoms with Crippen LogP contribution in [0.3, 0.4) is 0 Å². The first-order valence-corrected chi connectivity index (χ1v) is 11.1. The second-order valence-electron chi connectivity index (χ2n) is 8.03. The van der Waals surface area contributed by atoms with Gasteiger partial charge >= 0.3 is 0 Å². The van der Waals surface area contributed by atoms with Crippen LogP contribution in [0.25, 0.3) is 11.4 Å². The lowest BCUT2D eigenvalue weighted by molar-refractivity contribution is 0.255. The lowest BCUT2D eigenvalue weighted by Crippen LogP contribution is -2.46. The fourth-order valence-corrected chi connectivity index (χ4v) is 3.89. The second kappa shape index (κ2) is 7.79. The van der Waals surface area contributed by atoms with Crippen molar-refractivity contribution < 1.29 is 14.1 Å². The maximum atomic E-state index is 12.5. The van der Waals surface area contributed by atoms with Crippen molar-refractivity contribution in [1.29, 1.82) is 0 Å². The topological polar surface area (TPSA) is 75.5 Å². The molecule has 3 rings (SSSR count). The van der Waals surface area contributed by atoms with Crippen molar-refractivity contribution >= 4 is 16.6 Å². The molecule has 2 heterocycles. The molecule has 2 atom stereocenters. The SMILES string of the molecule is CC(C)N1c2nc(-c3cccc(CO)c3)nc(C(C)(C)S(C)=O)c2OCC1C. The van der Waals surface area contributed by atoms with Gasteiger partial charge < -0.3 is 14.7 Å². The molecule has 0 bridgehead atoms. The number of aliphatic hydroxyl groups is 1. The number of rotatable bonds is 5. The minimum absolute atomic E-state index is 0.0473. The zero-order chi connectivity index (χ0) is 20.6. The lowest BCUT2D eigenvalue weighted by atomic mass is 10.0. The molecule has 6 nitrogen and oxygen atoms in total. The molecule has 0 amide bonds. The van der Waals surface area contributed by atoms with Crippen LogP contribution in [0.1, 0.15) is 45.9 Å². The summed E-state index contributed by atoms with van der Waals surface area (Å²) in [6.07, 6.45) is 1.69. The van der Waals surface area contributed by atoms with E-state index in [1.165, 1.54) is 0 Å². The van der Waals surface area contributed by atoms with E-state index in [0.717, 1.165) is 16.9 Å². The van der Waals surface area contributed by atoms with Crippen molar-refractivity contribution in [3.8, 4) is 17.1 Å². The minimum Gasteiger partial charge on any atom is -0.486 e. The average molecular weight is 404 g/mol. The number of aromatic nitrogens is 2. The smallest absolute Gasteiger partial charge is 0.185 e. The van der Waals surface area contributed by atoms with E-state index >= 15 is 0 Å². The Kier molecular flexibility index (Phi) is 5.77. The van der Waals surface area contributed by atoms with Crippen LogP contribution >= 0.6 is 0 Å². The lowest BCUT2D eigenvalue weighted by Gasteiger charge is -2.40. The van der Waals surface area contributed by atoms with Crippen molar-refractivity contribution in [2.24, 2.45) is 0 Å². The van der Waals surface area contributed by atoms with E-state index in [0.29, 0.717) is 23.9 Å². The standard InChI is InChI=1S/C21H29N3O3S/c1-13(2)24-14(3)12-27-17-18(21(4,5)28(6)26)22-19(23-20(17)24)16-9-7-8-15(10-16)11-25/h7-10,13-14,25H,11-12H2,1-6H3. The highest BCUT2D eigenvalue weighted by atomic mass is 32.2. The normalized spacial score (nSPS) is 18.0. The van der Waals surface area contributed by atoms with Gasteiger partial charge in [-0.3, -0.25) is 4.21 Å². The largest absolute Gasteiger partial charge is 0.486 e. The number of benzene rings is 1. The van der Waals surface area contributed by atoms with E-state index in [-0.39, 0.29) is 18.7 Å². The van der Waals surface area contributed by atoms with Gasteiger partial charge in [0.25, 0.3) is 0 Å². The van der Waals surface area contributed by atoms with E-state index in [1.54, 1.807) is 6.26 Å². The first kappa shape index (κ1) is 20.7. The van der Waals surface area contributed by atoms with Crippen LogP contribution in [-0.2, 0) is 22.2 Å². The van der Waals surface area contributed by atoms with Crippen LogP contribution in [0.5, 0.6) is 5.75 Å². The summed E-state index contributed by atoms with van der Waals surface area (Å²) in [7, 11) is -1.16. The molecule has 0 aliphatic carbocycles. The average Bonchev–Trinajstić information content (AvgIpc) is 2.66. The fraction of sp³-hybridized carbons (Fsp3) is 0.524. The van der Waals surface area contributed by atoms with Crippen LogP contribution in [0.15, 0.2) is 24.3 Å². The first-order chi connectivity index (χ1) is 13.2. The molecule has 2 aromatic rings. The van der Waals surface area contributed by atoms with E-state index in [1.807, 2.05) is 38.1 Å². The Labute approximate surface area is 169 Å². The van der Waals surface area contributed by atoms with Crippen molar-refractivity contribution in [2.75, 3.05) is 17.8 Å². The van der Waals surface area contributed by atoms with Crippen LogP contribution in [0.4, 0.5) is 5.82 Å². The summed E-state index contributed by atoms with van der Waals surface area (Å²) in [5, 5.41) is 9.50. The third-order valence-corrected chi connectivity index (χ3v) is 6.88. The van der Waals surface area contributed by atoms with E-state index in [2.05, 4.69) is 25.7 Å². The number of hydrogen-bond acceptors (Lipinski definition) is 6. The maximum Gasteiger partial charge on any atom is 0.185 e. The van der Waals surface area contributed by atoms with Gasteiger partial charge in [-0.25, -0.2) is 9.97 Å². The summed E-state index contributed by atoms with van der Waals surface area (Å²) >= 11 is 0. The summed E-state index contributed by atoms with van der Waals surface area (Å²) in [6, 6.07) is 7.95. The summed E-state index contributed by atoms with van der Waals surface area (Å²) < 4.78 is 17.9. The Morgan fingerprint density at radius 1 is 1.36 bits per heavy atom. The van der Waals surface area contributed by atoms with Gasteiger partial charge in [-0.2, -0.15) is 0 Å². The van der Waals surface area contributed by atoms with Gasteiger partial charge in [-0.15, -0.1) is 0 Å². The van der Waals surface area contributed by atoms with Gasteiger partial charge in [0, 0.05) is 28.7 Å². The number of anilines is 1. The summed E-state index contributed by atoms with van der Waals surface area (Å²) in [5.41, 5.74) is 2.26. The third kappa shape index (κ3) is 3.65. The zero-order valence-corrected chi connectivity index (χ0v) is 18.2. The third-order valence-electron chi connectivity index (χ3n) is 5.25.